The Hall–Kier alpha value is -0.250. The maximum atomic E-state index is 5.83. The van der Waals surface area contributed by atoms with Crippen molar-refractivity contribution < 1.29 is 4.74 Å². The summed E-state index contributed by atoms with van der Waals surface area (Å²) in [6, 6.07) is 6.34. The first-order valence-electron chi connectivity index (χ1n) is 5.36. The van der Waals surface area contributed by atoms with E-state index in [-0.39, 0.29) is 0 Å². The first-order valence-corrected chi connectivity index (χ1v) is 6.69. The van der Waals surface area contributed by atoms with Crippen molar-refractivity contribution in [2.75, 3.05) is 25.1 Å². The molecule has 1 aromatic carbocycles. The van der Waals surface area contributed by atoms with Crippen LogP contribution in [-0.2, 0) is 10.6 Å². The van der Waals surface area contributed by atoms with Gasteiger partial charge in [-0.25, -0.2) is 0 Å². The monoisotopic (exact) mass is 303 g/mol. The van der Waals surface area contributed by atoms with Gasteiger partial charge in [-0.1, -0.05) is 22.0 Å². The molecule has 1 aromatic rings. The van der Waals surface area contributed by atoms with Crippen LogP contribution in [0.25, 0.3) is 0 Å². The van der Waals surface area contributed by atoms with Gasteiger partial charge in [-0.05, 0) is 24.1 Å². The third kappa shape index (κ3) is 2.53. The van der Waals surface area contributed by atoms with Crippen molar-refractivity contribution in [2.24, 2.45) is 0 Å². The van der Waals surface area contributed by atoms with E-state index in [4.69, 9.17) is 16.3 Å². The fourth-order valence-electron chi connectivity index (χ4n) is 2.00. The molecule has 1 aliphatic heterocycles. The zero-order chi connectivity index (χ0) is 11.5. The van der Waals surface area contributed by atoms with E-state index in [0.29, 0.717) is 12.0 Å². The Morgan fingerprint density at radius 2 is 2.38 bits per heavy atom. The lowest BCUT2D eigenvalue weighted by Gasteiger charge is -2.19. The zero-order valence-electron chi connectivity index (χ0n) is 9.25. The van der Waals surface area contributed by atoms with Gasteiger partial charge in [0.25, 0.3) is 0 Å². The van der Waals surface area contributed by atoms with Crippen LogP contribution in [0.4, 0.5) is 5.69 Å². The molecular formula is C12H15BrClNO. The van der Waals surface area contributed by atoms with Crippen molar-refractivity contribution in [1.82, 2.24) is 0 Å². The van der Waals surface area contributed by atoms with Crippen LogP contribution in [-0.4, -0.2) is 26.3 Å². The molecule has 0 amide bonds. The fraction of sp³-hybridized carbons (Fsp3) is 0.500. The topological polar surface area (TPSA) is 12.5 Å². The predicted molar refractivity (Wildman–Crippen MR) is 71.3 cm³/mol. The van der Waals surface area contributed by atoms with Gasteiger partial charge in [0.1, 0.15) is 0 Å². The highest BCUT2D eigenvalue weighted by Gasteiger charge is 2.22. The van der Waals surface area contributed by atoms with Crippen molar-refractivity contribution in [2.45, 2.75) is 18.4 Å². The molecule has 16 heavy (non-hydrogen) atoms. The minimum Gasteiger partial charge on any atom is -0.380 e. The molecule has 1 unspecified atom stereocenters. The summed E-state index contributed by atoms with van der Waals surface area (Å²) in [7, 11) is 1.78. The smallest absolute Gasteiger partial charge is 0.0762 e. The van der Waals surface area contributed by atoms with Gasteiger partial charge < -0.3 is 9.64 Å². The van der Waals surface area contributed by atoms with Crippen LogP contribution in [0.3, 0.4) is 0 Å². The SMILES string of the molecule is COC1CCN(c2ccc(CCl)c(Br)c2)C1. The van der Waals surface area contributed by atoms with Crippen LogP contribution >= 0.6 is 27.5 Å². The molecule has 1 heterocycles. The van der Waals surface area contributed by atoms with Crippen LogP contribution in [0, 0.1) is 0 Å². The number of benzene rings is 1. The number of alkyl halides is 1. The molecule has 4 heteroatoms. The molecule has 2 rings (SSSR count). The molecular weight excluding hydrogens is 289 g/mol. The van der Waals surface area contributed by atoms with Crippen LogP contribution in [0.1, 0.15) is 12.0 Å². The average molecular weight is 305 g/mol. The number of ether oxygens (including phenoxy) is 1. The molecule has 2 nitrogen and oxygen atoms in total. The Balaban J connectivity index is 2.13. The Kier molecular flexibility index (Phi) is 4.11. The number of hydrogen-bond acceptors (Lipinski definition) is 2. The summed E-state index contributed by atoms with van der Waals surface area (Å²) in [5, 5.41) is 0. The Labute approximate surface area is 110 Å². The molecule has 1 aliphatic rings. The molecule has 1 atom stereocenters. The summed E-state index contributed by atoms with van der Waals surface area (Å²) in [6.07, 6.45) is 1.47. The van der Waals surface area contributed by atoms with Gasteiger partial charge in [0.15, 0.2) is 0 Å². The molecule has 0 aromatic heterocycles. The second kappa shape index (κ2) is 5.39. The van der Waals surface area contributed by atoms with Gasteiger partial charge in [-0.15, -0.1) is 11.6 Å². The van der Waals surface area contributed by atoms with Crippen molar-refractivity contribution >= 4 is 33.2 Å². The van der Waals surface area contributed by atoms with E-state index < -0.39 is 0 Å². The Bertz CT molecular complexity index is 372. The van der Waals surface area contributed by atoms with Gasteiger partial charge >= 0.3 is 0 Å². The number of halogens is 2. The van der Waals surface area contributed by atoms with Crippen LogP contribution in [0.5, 0.6) is 0 Å². The lowest BCUT2D eigenvalue weighted by molar-refractivity contribution is 0.121. The molecule has 0 saturated carbocycles. The number of methoxy groups -OCH3 is 1. The Morgan fingerprint density at radius 3 is 2.94 bits per heavy atom. The summed E-state index contributed by atoms with van der Waals surface area (Å²) >= 11 is 9.37. The molecule has 0 bridgehead atoms. The van der Waals surface area contributed by atoms with Gasteiger partial charge in [-0.3, -0.25) is 0 Å². The van der Waals surface area contributed by atoms with Crippen LogP contribution in [0.2, 0.25) is 0 Å². The van der Waals surface area contributed by atoms with Crippen LogP contribution in [0.15, 0.2) is 22.7 Å². The Morgan fingerprint density at radius 1 is 1.56 bits per heavy atom. The van der Waals surface area contributed by atoms with Crippen molar-refractivity contribution in [3.63, 3.8) is 0 Å². The molecule has 0 N–H and O–H groups in total. The highest BCUT2D eigenvalue weighted by Crippen LogP contribution is 2.28. The standard InChI is InChI=1S/C12H15BrClNO/c1-16-11-4-5-15(8-11)10-3-2-9(7-14)12(13)6-10/h2-3,6,11H,4-5,7-8H2,1H3. The van der Waals surface area contributed by atoms with Gasteiger partial charge in [0.05, 0.1) is 6.10 Å². The molecule has 1 fully saturated rings. The maximum absolute atomic E-state index is 5.83. The second-order valence-electron chi connectivity index (χ2n) is 4.00. The van der Waals surface area contributed by atoms with E-state index in [2.05, 4.69) is 39.0 Å². The number of rotatable bonds is 3. The lowest BCUT2D eigenvalue weighted by atomic mass is 10.2. The molecule has 88 valence electrons. The summed E-state index contributed by atoms with van der Waals surface area (Å²) < 4.78 is 6.45. The summed E-state index contributed by atoms with van der Waals surface area (Å²) in [5.41, 5.74) is 2.37. The first-order chi connectivity index (χ1) is 7.74. The van der Waals surface area contributed by atoms with Crippen molar-refractivity contribution in [3.05, 3.63) is 28.2 Å². The fourth-order valence-corrected chi connectivity index (χ4v) is 2.90. The van der Waals surface area contributed by atoms with Gasteiger partial charge in [0, 0.05) is 36.2 Å². The zero-order valence-corrected chi connectivity index (χ0v) is 11.6. The highest BCUT2D eigenvalue weighted by molar-refractivity contribution is 9.10. The minimum atomic E-state index is 0.367. The third-order valence-electron chi connectivity index (χ3n) is 3.02. The van der Waals surface area contributed by atoms with Gasteiger partial charge in [-0.2, -0.15) is 0 Å². The lowest BCUT2D eigenvalue weighted by Crippen LogP contribution is -2.22. The first kappa shape index (κ1) is 12.2. The minimum absolute atomic E-state index is 0.367. The second-order valence-corrected chi connectivity index (χ2v) is 5.12. The van der Waals surface area contributed by atoms with Crippen molar-refractivity contribution in [3.8, 4) is 0 Å². The predicted octanol–water partition coefficient (Wildman–Crippen LogP) is 3.41. The number of hydrogen-bond donors (Lipinski definition) is 0. The third-order valence-corrected chi connectivity index (χ3v) is 4.05. The van der Waals surface area contributed by atoms with Gasteiger partial charge in [0.2, 0.25) is 0 Å². The van der Waals surface area contributed by atoms with E-state index in [1.54, 1.807) is 7.11 Å². The molecule has 0 spiro atoms. The summed E-state index contributed by atoms with van der Waals surface area (Å²) in [6.45, 7) is 2.04. The molecule has 0 radical (unpaired) electrons. The largest absolute Gasteiger partial charge is 0.380 e. The number of anilines is 1. The summed E-state index contributed by atoms with van der Waals surface area (Å²) in [4.78, 5) is 2.34. The maximum Gasteiger partial charge on any atom is 0.0762 e. The van der Waals surface area contributed by atoms with E-state index in [0.717, 1.165) is 29.5 Å². The number of nitrogens with zero attached hydrogens (tertiary/aromatic N) is 1. The van der Waals surface area contributed by atoms with E-state index in [1.165, 1.54) is 5.69 Å². The average Bonchev–Trinajstić information content (AvgIpc) is 2.77. The summed E-state index contributed by atoms with van der Waals surface area (Å²) in [5.74, 6) is 0.543. The normalized spacial score (nSPS) is 20.4. The molecule has 0 aliphatic carbocycles. The quantitative estimate of drug-likeness (QED) is 0.794. The van der Waals surface area contributed by atoms with Crippen molar-refractivity contribution in [1.29, 1.82) is 0 Å². The highest BCUT2D eigenvalue weighted by atomic mass is 79.9. The van der Waals surface area contributed by atoms with E-state index in [9.17, 15) is 0 Å². The molecule has 1 saturated heterocycles. The van der Waals surface area contributed by atoms with E-state index >= 15 is 0 Å². The van der Waals surface area contributed by atoms with E-state index in [1.807, 2.05) is 0 Å². The van der Waals surface area contributed by atoms with Crippen LogP contribution < -0.4 is 4.90 Å².